The summed E-state index contributed by atoms with van der Waals surface area (Å²) in [5.41, 5.74) is 6.54. The first-order valence-corrected chi connectivity index (χ1v) is 5.10. The third-order valence-corrected chi connectivity index (χ3v) is 2.16. The van der Waals surface area contributed by atoms with Crippen LogP contribution in [0, 0.1) is 5.82 Å². The molecule has 0 radical (unpaired) electrons. The summed E-state index contributed by atoms with van der Waals surface area (Å²) >= 11 is 0. The fraction of sp³-hybridized carbons (Fsp3) is 0.333. The van der Waals surface area contributed by atoms with Crippen LogP contribution < -0.4 is 10.6 Å². The number of rotatable bonds is 5. The first-order valence-electron chi connectivity index (χ1n) is 5.10. The molecule has 1 rings (SSSR count). The minimum Gasteiger partial charge on any atom is -0.399 e. The van der Waals surface area contributed by atoms with Crippen LogP contribution >= 0.6 is 0 Å². The Morgan fingerprint density at radius 1 is 1.53 bits per heavy atom. The largest absolute Gasteiger partial charge is 0.399 e. The average Bonchev–Trinajstić information content (AvgIpc) is 2.17. The highest BCUT2D eigenvalue weighted by molar-refractivity contribution is 5.54. The zero-order chi connectivity index (χ0) is 11.3. The van der Waals surface area contributed by atoms with Crippen LogP contribution in [0.5, 0.6) is 0 Å². The van der Waals surface area contributed by atoms with E-state index in [1.54, 1.807) is 18.2 Å². The lowest BCUT2D eigenvalue weighted by molar-refractivity contribution is 0.619. The van der Waals surface area contributed by atoms with Gasteiger partial charge in [0.2, 0.25) is 0 Å². The van der Waals surface area contributed by atoms with Gasteiger partial charge in [-0.1, -0.05) is 13.0 Å². The van der Waals surface area contributed by atoms with Crippen molar-refractivity contribution >= 4 is 11.4 Å². The van der Waals surface area contributed by atoms with Crippen LogP contribution in [0.3, 0.4) is 0 Å². The molecule has 0 spiro atoms. The fourth-order valence-electron chi connectivity index (χ4n) is 1.52. The van der Waals surface area contributed by atoms with Gasteiger partial charge in [0.25, 0.3) is 0 Å². The minimum atomic E-state index is -0.273. The van der Waals surface area contributed by atoms with Crippen molar-refractivity contribution in [2.45, 2.75) is 13.3 Å². The van der Waals surface area contributed by atoms with Gasteiger partial charge in [0.15, 0.2) is 0 Å². The van der Waals surface area contributed by atoms with E-state index < -0.39 is 0 Å². The number of hydrogen-bond donors (Lipinski definition) is 1. The second-order valence-corrected chi connectivity index (χ2v) is 3.45. The summed E-state index contributed by atoms with van der Waals surface area (Å²) in [6.45, 7) is 7.19. The number of hydrogen-bond acceptors (Lipinski definition) is 2. The third kappa shape index (κ3) is 2.98. The van der Waals surface area contributed by atoms with Crippen molar-refractivity contribution in [2.24, 2.45) is 0 Å². The van der Waals surface area contributed by atoms with Crippen LogP contribution in [0.15, 0.2) is 30.9 Å². The van der Waals surface area contributed by atoms with Crippen LogP contribution in [0.25, 0.3) is 0 Å². The van der Waals surface area contributed by atoms with Crippen molar-refractivity contribution in [3.63, 3.8) is 0 Å². The molecule has 1 aromatic rings. The van der Waals surface area contributed by atoms with Crippen molar-refractivity contribution in [1.82, 2.24) is 0 Å². The van der Waals surface area contributed by atoms with Crippen molar-refractivity contribution in [2.75, 3.05) is 23.7 Å². The van der Waals surface area contributed by atoms with E-state index in [0.29, 0.717) is 17.9 Å². The molecule has 82 valence electrons. The van der Waals surface area contributed by atoms with Gasteiger partial charge in [0, 0.05) is 18.8 Å². The Kier molecular flexibility index (Phi) is 4.16. The number of nitrogens with zero attached hydrogens (tertiary/aromatic N) is 1. The van der Waals surface area contributed by atoms with Gasteiger partial charge in [0.1, 0.15) is 5.82 Å². The van der Waals surface area contributed by atoms with E-state index in [1.807, 2.05) is 4.90 Å². The molecule has 0 aliphatic heterocycles. The van der Waals surface area contributed by atoms with Gasteiger partial charge in [-0.15, -0.1) is 6.58 Å². The molecular formula is C12H17FN2. The Labute approximate surface area is 90.2 Å². The highest BCUT2D eigenvalue weighted by Crippen LogP contribution is 2.21. The molecule has 15 heavy (non-hydrogen) atoms. The summed E-state index contributed by atoms with van der Waals surface area (Å²) in [6, 6.07) is 4.77. The molecule has 0 fully saturated rings. The van der Waals surface area contributed by atoms with Gasteiger partial charge in [-0.2, -0.15) is 0 Å². The SMILES string of the molecule is C=CCN(CCC)c1ccc(N)cc1F. The number of benzene rings is 1. The van der Waals surface area contributed by atoms with E-state index >= 15 is 0 Å². The number of halogens is 1. The maximum atomic E-state index is 13.6. The second-order valence-electron chi connectivity index (χ2n) is 3.45. The molecule has 3 heteroatoms. The molecule has 0 aliphatic carbocycles. The van der Waals surface area contributed by atoms with Crippen molar-refractivity contribution in [3.8, 4) is 0 Å². The fourth-order valence-corrected chi connectivity index (χ4v) is 1.52. The van der Waals surface area contributed by atoms with Gasteiger partial charge in [0.05, 0.1) is 5.69 Å². The lowest BCUT2D eigenvalue weighted by Crippen LogP contribution is -2.25. The number of anilines is 2. The smallest absolute Gasteiger partial charge is 0.148 e. The summed E-state index contributed by atoms with van der Waals surface area (Å²) in [5.74, 6) is -0.273. The van der Waals surface area contributed by atoms with Crippen molar-refractivity contribution in [3.05, 3.63) is 36.7 Å². The van der Waals surface area contributed by atoms with Gasteiger partial charge in [-0.3, -0.25) is 0 Å². The van der Waals surface area contributed by atoms with E-state index in [4.69, 9.17) is 5.73 Å². The van der Waals surface area contributed by atoms with Crippen LogP contribution in [-0.2, 0) is 0 Å². The molecule has 0 bridgehead atoms. The van der Waals surface area contributed by atoms with E-state index in [1.165, 1.54) is 6.07 Å². The van der Waals surface area contributed by atoms with Crippen LogP contribution in [0.2, 0.25) is 0 Å². The summed E-state index contributed by atoms with van der Waals surface area (Å²) in [7, 11) is 0. The Hall–Kier alpha value is -1.51. The van der Waals surface area contributed by atoms with Crippen LogP contribution in [0.1, 0.15) is 13.3 Å². The number of nitrogens with two attached hydrogens (primary N) is 1. The zero-order valence-corrected chi connectivity index (χ0v) is 9.04. The quantitative estimate of drug-likeness (QED) is 0.595. The summed E-state index contributed by atoms with van der Waals surface area (Å²) in [4.78, 5) is 1.95. The van der Waals surface area contributed by atoms with Gasteiger partial charge in [-0.25, -0.2) is 4.39 Å². The highest BCUT2D eigenvalue weighted by atomic mass is 19.1. The molecule has 0 aromatic heterocycles. The predicted octanol–water partition coefficient (Wildman–Crippen LogP) is 2.81. The van der Waals surface area contributed by atoms with Gasteiger partial charge < -0.3 is 10.6 Å². The Balaban J connectivity index is 2.94. The van der Waals surface area contributed by atoms with Gasteiger partial charge >= 0.3 is 0 Å². The minimum absolute atomic E-state index is 0.273. The van der Waals surface area contributed by atoms with E-state index in [2.05, 4.69) is 13.5 Å². The third-order valence-electron chi connectivity index (χ3n) is 2.16. The Bertz CT molecular complexity index is 336. The average molecular weight is 208 g/mol. The lowest BCUT2D eigenvalue weighted by Gasteiger charge is -2.23. The first kappa shape index (κ1) is 11.6. The molecule has 1 aromatic carbocycles. The maximum Gasteiger partial charge on any atom is 0.148 e. The Morgan fingerprint density at radius 3 is 2.80 bits per heavy atom. The first-order chi connectivity index (χ1) is 7.19. The molecule has 0 unspecified atom stereocenters. The molecule has 0 saturated heterocycles. The van der Waals surface area contributed by atoms with Crippen molar-refractivity contribution in [1.29, 1.82) is 0 Å². The van der Waals surface area contributed by atoms with Gasteiger partial charge in [-0.05, 0) is 24.6 Å². The summed E-state index contributed by atoms with van der Waals surface area (Å²) in [5, 5.41) is 0. The normalized spacial score (nSPS) is 10.0. The molecule has 0 atom stereocenters. The molecule has 0 amide bonds. The van der Waals surface area contributed by atoms with Crippen molar-refractivity contribution < 1.29 is 4.39 Å². The number of nitrogen functional groups attached to an aromatic ring is 1. The molecule has 0 heterocycles. The monoisotopic (exact) mass is 208 g/mol. The zero-order valence-electron chi connectivity index (χ0n) is 9.04. The lowest BCUT2D eigenvalue weighted by atomic mass is 10.2. The topological polar surface area (TPSA) is 29.3 Å². The molecule has 2 N–H and O–H groups in total. The Morgan fingerprint density at radius 2 is 2.27 bits per heavy atom. The second kappa shape index (κ2) is 5.39. The van der Waals surface area contributed by atoms with E-state index in [0.717, 1.165) is 13.0 Å². The van der Waals surface area contributed by atoms with Crippen LogP contribution in [-0.4, -0.2) is 13.1 Å². The van der Waals surface area contributed by atoms with E-state index in [9.17, 15) is 4.39 Å². The molecule has 0 aliphatic rings. The van der Waals surface area contributed by atoms with Crippen LogP contribution in [0.4, 0.5) is 15.8 Å². The predicted molar refractivity (Wildman–Crippen MR) is 63.5 cm³/mol. The molecule has 0 saturated carbocycles. The molecule has 2 nitrogen and oxygen atoms in total. The summed E-state index contributed by atoms with van der Waals surface area (Å²) < 4.78 is 13.6. The standard InChI is InChI=1S/C12H17FN2/c1-3-7-15(8-4-2)12-6-5-10(14)9-11(12)13/h3,5-6,9H,1,4,7-8,14H2,2H3. The molecular weight excluding hydrogens is 191 g/mol. The summed E-state index contributed by atoms with van der Waals surface area (Å²) in [6.07, 6.45) is 2.74. The maximum absolute atomic E-state index is 13.6. The highest BCUT2D eigenvalue weighted by Gasteiger charge is 2.09. The van der Waals surface area contributed by atoms with E-state index in [-0.39, 0.29) is 5.82 Å².